The van der Waals surface area contributed by atoms with Crippen LogP contribution in [0.25, 0.3) is 6.08 Å². The first kappa shape index (κ1) is 27.2. The Labute approximate surface area is 219 Å². The third-order valence-electron chi connectivity index (χ3n) is 4.69. The van der Waals surface area contributed by atoms with Crippen molar-refractivity contribution in [3.8, 4) is 11.5 Å². The first-order chi connectivity index (χ1) is 17.1. The van der Waals surface area contributed by atoms with E-state index in [4.69, 9.17) is 14.2 Å². The Balaban J connectivity index is 1.79. The maximum Gasteiger partial charge on any atom is 0.326 e. The highest BCUT2D eigenvalue weighted by Gasteiger charge is 2.37. The van der Waals surface area contributed by atoms with Gasteiger partial charge in [-0.3, -0.25) is 29.4 Å². The summed E-state index contributed by atoms with van der Waals surface area (Å²) in [7, 11) is 0. The van der Waals surface area contributed by atoms with E-state index in [1.807, 2.05) is 6.92 Å². The van der Waals surface area contributed by atoms with E-state index in [1.165, 1.54) is 18.2 Å². The number of esters is 1. The van der Waals surface area contributed by atoms with Crippen molar-refractivity contribution in [2.75, 3.05) is 13.2 Å². The molecule has 12 heteroatoms. The van der Waals surface area contributed by atoms with Crippen LogP contribution in [0.1, 0.15) is 31.9 Å². The van der Waals surface area contributed by atoms with Crippen molar-refractivity contribution in [3.63, 3.8) is 0 Å². The van der Waals surface area contributed by atoms with Crippen LogP contribution < -0.4 is 9.47 Å². The number of nitro groups is 1. The third-order valence-corrected chi connectivity index (χ3v) is 6.18. The lowest BCUT2D eigenvalue weighted by Crippen LogP contribution is -2.35. The zero-order valence-electron chi connectivity index (χ0n) is 19.7. The van der Waals surface area contributed by atoms with Gasteiger partial charge in [-0.1, -0.05) is 0 Å². The number of carbonyl (C=O) groups excluding carboxylic acids is 3. The van der Waals surface area contributed by atoms with Crippen molar-refractivity contribution in [2.24, 2.45) is 0 Å². The molecule has 1 aliphatic heterocycles. The maximum atomic E-state index is 12.7. The molecule has 0 bridgehead atoms. The Morgan fingerprint density at radius 2 is 1.89 bits per heavy atom. The van der Waals surface area contributed by atoms with Crippen molar-refractivity contribution < 1.29 is 33.5 Å². The predicted octanol–water partition coefficient (Wildman–Crippen LogP) is 5.32. The van der Waals surface area contributed by atoms with Crippen LogP contribution in [0.3, 0.4) is 0 Å². The molecule has 0 atom stereocenters. The molecule has 0 saturated carbocycles. The van der Waals surface area contributed by atoms with Gasteiger partial charge < -0.3 is 14.2 Å². The molecule has 10 nitrogen and oxygen atoms in total. The zero-order chi connectivity index (χ0) is 26.4. The number of non-ortho nitro benzene ring substituents is 1. The fourth-order valence-electron chi connectivity index (χ4n) is 3.16. The number of carbonyl (C=O) groups is 3. The topological polar surface area (TPSA) is 125 Å². The van der Waals surface area contributed by atoms with E-state index in [2.05, 4.69) is 15.9 Å². The van der Waals surface area contributed by atoms with Gasteiger partial charge >= 0.3 is 5.97 Å². The largest absolute Gasteiger partial charge is 0.490 e. The van der Waals surface area contributed by atoms with Crippen molar-refractivity contribution >= 4 is 56.6 Å². The lowest BCUT2D eigenvalue weighted by atomic mass is 10.1. The van der Waals surface area contributed by atoms with Crippen molar-refractivity contribution in [2.45, 2.75) is 33.5 Å². The summed E-state index contributed by atoms with van der Waals surface area (Å²) < 4.78 is 17.2. The normalized spacial score (nSPS) is 14.5. The molecule has 2 amide bonds. The summed E-state index contributed by atoms with van der Waals surface area (Å²) in [6.45, 7) is 5.20. The van der Waals surface area contributed by atoms with E-state index < -0.39 is 28.6 Å². The molecule has 0 N–H and O–H groups in total. The van der Waals surface area contributed by atoms with Crippen LogP contribution in [0, 0.1) is 10.1 Å². The van der Waals surface area contributed by atoms with Gasteiger partial charge in [-0.2, -0.15) is 0 Å². The molecule has 0 aliphatic carbocycles. The molecule has 1 saturated heterocycles. The van der Waals surface area contributed by atoms with Crippen LogP contribution in [0.4, 0.5) is 10.5 Å². The highest BCUT2D eigenvalue weighted by Crippen LogP contribution is 2.39. The molecule has 190 valence electrons. The number of rotatable bonds is 10. The smallest absolute Gasteiger partial charge is 0.326 e. The second kappa shape index (κ2) is 12.0. The fourth-order valence-corrected chi connectivity index (χ4v) is 4.57. The average molecular weight is 579 g/mol. The highest BCUT2D eigenvalue weighted by atomic mass is 79.9. The minimum absolute atomic E-state index is 0.0134. The van der Waals surface area contributed by atoms with E-state index in [1.54, 1.807) is 38.1 Å². The van der Waals surface area contributed by atoms with E-state index in [-0.39, 0.29) is 23.3 Å². The molecule has 2 aromatic carbocycles. The Morgan fingerprint density at radius 3 is 2.50 bits per heavy atom. The Hall–Kier alpha value is -3.38. The van der Waals surface area contributed by atoms with Crippen molar-refractivity contribution in [3.05, 3.63) is 67.0 Å². The molecule has 0 spiro atoms. The number of imide groups is 1. The third kappa shape index (κ3) is 6.85. The SMILES string of the molecule is CCOc1cc(/C=C2/SC(=O)N(CC(=O)OC(C)C)C2=O)cc(Br)c1OCc1ccc([N+](=O)[O-])cc1. The number of amides is 2. The highest BCUT2D eigenvalue weighted by molar-refractivity contribution is 9.10. The summed E-state index contributed by atoms with van der Waals surface area (Å²) in [6.07, 6.45) is 1.18. The Morgan fingerprint density at radius 1 is 1.19 bits per heavy atom. The first-order valence-electron chi connectivity index (χ1n) is 10.9. The summed E-state index contributed by atoms with van der Waals surface area (Å²) in [4.78, 5) is 48.3. The van der Waals surface area contributed by atoms with Gasteiger partial charge in [0.1, 0.15) is 13.2 Å². The first-order valence-corrected chi connectivity index (χ1v) is 12.5. The van der Waals surface area contributed by atoms with Gasteiger partial charge in [-0.25, -0.2) is 0 Å². The molecular formula is C24H23BrN2O8S. The molecule has 0 aromatic heterocycles. The summed E-state index contributed by atoms with van der Waals surface area (Å²) in [5, 5.41) is 10.3. The quantitative estimate of drug-likeness (QED) is 0.159. The molecule has 2 aromatic rings. The molecule has 1 aliphatic rings. The fraction of sp³-hybridized carbons (Fsp3) is 0.292. The van der Waals surface area contributed by atoms with Gasteiger partial charge in [0.05, 0.1) is 27.0 Å². The summed E-state index contributed by atoms with van der Waals surface area (Å²) in [6, 6.07) is 9.38. The predicted molar refractivity (Wildman–Crippen MR) is 137 cm³/mol. The van der Waals surface area contributed by atoms with Crippen LogP contribution in [-0.4, -0.2) is 46.2 Å². The van der Waals surface area contributed by atoms with Gasteiger partial charge in [-0.05, 0) is 89.9 Å². The standard InChI is InChI=1S/C24H23BrN2O8S/c1-4-33-19-10-16(11-20-23(29)26(24(30)36-20)12-21(28)35-14(2)3)9-18(25)22(19)34-13-15-5-7-17(8-6-15)27(31)32/h5-11,14H,4,12-13H2,1-3H3/b20-11+. The van der Waals surface area contributed by atoms with Gasteiger partial charge in [0.2, 0.25) is 0 Å². The monoisotopic (exact) mass is 578 g/mol. The lowest BCUT2D eigenvalue weighted by Gasteiger charge is -2.15. The Bertz CT molecular complexity index is 1210. The number of nitro benzene ring substituents is 1. The summed E-state index contributed by atoms with van der Waals surface area (Å²) in [5.41, 5.74) is 1.28. The van der Waals surface area contributed by atoms with E-state index in [9.17, 15) is 24.5 Å². The summed E-state index contributed by atoms with van der Waals surface area (Å²) in [5.74, 6) is -0.431. The number of halogens is 1. The second-order valence-corrected chi connectivity index (χ2v) is 9.63. The number of hydrogen-bond acceptors (Lipinski definition) is 9. The van der Waals surface area contributed by atoms with Crippen molar-refractivity contribution in [1.82, 2.24) is 4.90 Å². The minimum Gasteiger partial charge on any atom is -0.490 e. The lowest BCUT2D eigenvalue weighted by molar-refractivity contribution is -0.384. The van der Waals surface area contributed by atoms with Gasteiger partial charge in [0.25, 0.3) is 16.8 Å². The number of nitrogens with zero attached hydrogens (tertiary/aromatic N) is 2. The van der Waals surface area contributed by atoms with Gasteiger partial charge in [0, 0.05) is 12.1 Å². The number of thioether (sulfide) groups is 1. The molecule has 36 heavy (non-hydrogen) atoms. The van der Waals surface area contributed by atoms with Crippen LogP contribution in [0.5, 0.6) is 11.5 Å². The molecule has 1 heterocycles. The van der Waals surface area contributed by atoms with E-state index in [0.29, 0.717) is 28.1 Å². The van der Waals surface area contributed by atoms with Gasteiger partial charge in [0.15, 0.2) is 11.5 Å². The minimum atomic E-state index is -0.663. The Kier molecular flexibility index (Phi) is 9.10. The number of ether oxygens (including phenoxy) is 3. The van der Waals surface area contributed by atoms with Crippen LogP contribution in [-0.2, 0) is 20.9 Å². The maximum absolute atomic E-state index is 12.7. The summed E-state index contributed by atoms with van der Waals surface area (Å²) >= 11 is 4.20. The molecular weight excluding hydrogens is 556 g/mol. The number of benzene rings is 2. The van der Waals surface area contributed by atoms with Crippen LogP contribution in [0.2, 0.25) is 0 Å². The molecule has 3 rings (SSSR count). The van der Waals surface area contributed by atoms with Crippen LogP contribution >= 0.6 is 27.7 Å². The molecule has 0 radical (unpaired) electrons. The molecule has 1 fully saturated rings. The number of hydrogen-bond donors (Lipinski definition) is 0. The van der Waals surface area contributed by atoms with E-state index in [0.717, 1.165) is 22.2 Å². The second-order valence-electron chi connectivity index (χ2n) is 7.78. The average Bonchev–Trinajstić information content (AvgIpc) is 3.05. The van der Waals surface area contributed by atoms with Crippen LogP contribution in [0.15, 0.2) is 45.8 Å². The zero-order valence-corrected chi connectivity index (χ0v) is 22.1. The van der Waals surface area contributed by atoms with Crippen molar-refractivity contribution in [1.29, 1.82) is 0 Å². The van der Waals surface area contributed by atoms with E-state index >= 15 is 0 Å². The molecule has 0 unspecified atom stereocenters. The van der Waals surface area contributed by atoms with Gasteiger partial charge in [-0.15, -0.1) is 0 Å².